The summed E-state index contributed by atoms with van der Waals surface area (Å²) in [6.07, 6.45) is 1.07. The van der Waals surface area contributed by atoms with Crippen LogP contribution in [0.3, 0.4) is 0 Å². The molecule has 3 aromatic carbocycles. The number of para-hydroxylation sites is 1. The second-order valence-corrected chi connectivity index (χ2v) is 7.97. The van der Waals surface area contributed by atoms with E-state index in [4.69, 9.17) is 4.74 Å². The van der Waals surface area contributed by atoms with Gasteiger partial charge in [-0.05, 0) is 73.6 Å². The minimum Gasteiger partial charge on any atom is -0.506 e. The summed E-state index contributed by atoms with van der Waals surface area (Å²) in [5, 5.41) is 19.2. The summed E-state index contributed by atoms with van der Waals surface area (Å²) in [6, 6.07) is 18.7. The lowest BCUT2D eigenvalue weighted by atomic mass is 10.1. The number of nitrogens with zero attached hydrogens (tertiary/aromatic N) is 1. The summed E-state index contributed by atoms with van der Waals surface area (Å²) < 4.78 is 5.12. The zero-order chi connectivity index (χ0) is 23.9. The van der Waals surface area contributed by atoms with Gasteiger partial charge in [0.25, 0.3) is 11.8 Å². The number of benzene rings is 3. The van der Waals surface area contributed by atoms with Gasteiger partial charge >= 0.3 is 0 Å². The molecule has 0 atom stereocenters. The third-order valence-electron chi connectivity index (χ3n) is 5.72. The number of hydrogen-bond donors (Lipinski definition) is 4. The van der Waals surface area contributed by atoms with Crippen molar-refractivity contribution in [3.8, 4) is 11.5 Å². The summed E-state index contributed by atoms with van der Waals surface area (Å²) in [4.78, 5) is 27.9. The molecule has 9 heteroatoms. The molecular formula is C26H29ClN4O4. The first kappa shape index (κ1) is 25.9. The molecule has 0 saturated carbocycles. The summed E-state index contributed by atoms with van der Waals surface area (Å²) >= 11 is 0. The summed E-state index contributed by atoms with van der Waals surface area (Å²) in [5.41, 5.74) is 2.36. The molecule has 0 radical (unpaired) electrons. The Kier molecular flexibility index (Phi) is 8.94. The van der Waals surface area contributed by atoms with Crippen LogP contribution in [0, 0.1) is 0 Å². The van der Waals surface area contributed by atoms with Crippen molar-refractivity contribution in [1.82, 2.24) is 5.32 Å². The van der Waals surface area contributed by atoms with Crippen LogP contribution in [-0.4, -0.2) is 50.2 Å². The minimum atomic E-state index is -0.384. The van der Waals surface area contributed by atoms with Crippen LogP contribution in [0.5, 0.6) is 11.5 Å². The Hall–Kier alpha value is -3.75. The molecule has 1 aliphatic rings. The van der Waals surface area contributed by atoms with E-state index in [0.29, 0.717) is 22.6 Å². The third kappa shape index (κ3) is 6.44. The molecule has 0 bridgehead atoms. The Morgan fingerprint density at radius 3 is 2.23 bits per heavy atom. The highest BCUT2D eigenvalue weighted by atomic mass is 35.5. The molecule has 184 valence electrons. The van der Waals surface area contributed by atoms with Crippen LogP contribution in [0.15, 0.2) is 66.7 Å². The van der Waals surface area contributed by atoms with E-state index in [2.05, 4.69) is 20.9 Å². The van der Waals surface area contributed by atoms with Crippen LogP contribution in [0.4, 0.5) is 17.1 Å². The van der Waals surface area contributed by atoms with Crippen molar-refractivity contribution in [1.29, 1.82) is 0 Å². The summed E-state index contributed by atoms with van der Waals surface area (Å²) in [7, 11) is 1.55. The standard InChI is InChI=1S/C26H28N4O4.ClH/c1-34-21-12-8-19(9-13-21)25(32)28-22-4-2-5-23(31)24(22)29-26(33)18-6-10-20(11-7-18)30-16-3-14-27-15-17-30;/h2,4-13,27,31H,3,14-17H2,1H3,(H,28,32)(H,29,33);1H. The highest BCUT2D eigenvalue weighted by molar-refractivity contribution is 6.11. The Morgan fingerprint density at radius 2 is 1.54 bits per heavy atom. The fourth-order valence-electron chi connectivity index (χ4n) is 3.83. The molecule has 1 heterocycles. The van der Waals surface area contributed by atoms with Gasteiger partial charge in [-0.2, -0.15) is 0 Å². The topological polar surface area (TPSA) is 103 Å². The molecule has 3 aromatic rings. The van der Waals surface area contributed by atoms with E-state index in [-0.39, 0.29) is 35.7 Å². The number of amides is 2. The summed E-state index contributed by atoms with van der Waals surface area (Å²) in [5.74, 6) is -0.263. The molecule has 4 N–H and O–H groups in total. The number of carbonyl (C=O) groups is 2. The van der Waals surface area contributed by atoms with Crippen molar-refractivity contribution in [2.75, 3.05) is 48.8 Å². The predicted molar refractivity (Wildman–Crippen MR) is 140 cm³/mol. The second-order valence-electron chi connectivity index (χ2n) is 7.97. The minimum absolute atomic E-state index is 0. The van der Waals surface area contributed by atoms with Gasteiger partial charge in [0.1, 0.15) is 17.2 Å². The maximum absolute atomic E-state index is 12.9. The maximum Gasteiger partial charge on any atom is 0.255 e. The van der Waals surface area contributed by atoms with Gasteiger partial charge < -0.3 is 30.7 Å². The van der Waals surface area contributed by atoms with E-state index in [1.54, 1.807) is 55.6 Å². The lowest BCUT2D eigenvalue weighted by Gasteiger charge is -2.22. The van der Waals surface area contributed by atoms with Gasteiger partial charge in [-0.25, -0.2) is 0 Å². The van der Waals surface area contributed by atoms with E-state index in [1.165, 1.54) is 6.07 Å². The Morgan fingerprint density at radius 1 is 0.886 bits per heavy atom. The van der Waals surface area contributed by atoms with E-state index in [0.717, 1.165) is 38.3 Å². The first-order valence-corrected chi connectivity index (χ1v) is 11.2. The van der Waals surface area contributed by atoms with Crippen LogP contribution >= 0.6 is 12.4 Å². The predicted octanol–water partition coefficient (Wildman–Crippen LogP) is 4.13. The van der Waals surface area contributed by atoms with Crippen LogP contribution in [0.2, 0.25) is 0 Å². The number of nitrogens with one attached hydrogen (secondary N) is 3. The Labute approximate surface area is 210 Å². The summed E-state index contributed by atoms with van der Waals surface area (Å²) in [6.45, 7) is 3.82. The molecule has 1 aliphatic heterocycles. The number of halogens is 1. The van der Waals surface area contributed by atoms with E-state index >= 15 is 0 Å². The van der Waals surface area contributed by atoms with Crippen molar-refractivity contribution in [3.63, 3.8) is 0 Å². The number of phenolic OH excluding ortho intramolecular Hbond substituents is 1. The fourth-order valence-corrected chi connectivity index (χ4v) is 3.83. The molecule has 0 unspecified atom stereocenters. The zero-order valence-corrected chi connectivity index (χ0v) is 20.2. The Bertz CT molecular complexity index is 1150. The average Bonchev–Trinajstić information content (AvgIpc) is 3.16. The molecule has 0 aromatic heterocycles. The molecule has 1 saturated heterocycles. The van der Waals surface area contributed by atoms with Crippen molar-refractivity contribution in [2.45, 2.75) is 6.42 Å². The van der Waals surface area contributed by atoms with Crippen LogP contribution in [0.25, 0.3) is 0 Å². The van der Waals surface area contributed by atoms with Gasteiger partial charge in [0.2, 0.25) is 0 Å². The first-order chi connectivity index (χ1) is 16.5. The third-order valence-corrected chi connectivity index (χ3v) is 5.72. The van der Waals surface area contributed by atoms with Crippen molar-refractivity contribution >= 4 is 41.3 Å². The Balaban J connectivity index is 0.00000342. The number of anilines is 3. The van der Waals surface area contributed by atoms with E-state index in [1.807, 2.05) is 12.1 Å². The molecule has 35 heavy (non-hydrogen) atoms. The number of methoxy groups -OCH3 is 1. The molecule has 0 spiro atoms. The molecular weight excluding hydrogens is 468 g/mol. The molecule has 8 nitrogen and oxygen atoms in total. The number of hydrogen-bond acceptors (Lipinski definition) is 6. The van der Waals surface area contributed by atoms with Crippen LogP contribution < -0.4 is 25.6 Å². The van der Waals surface area contributed by atoms with E-state index in [9.17, 15) is 14.7 Å². The van der Waals surface area contributed by atoms with Crippen LogP contribution in [0.1, 0.15) is 27.1 Å². The average molecular weight is 497 g/mol. The highest BCUT2D eigenvalue weighted by Crippen LogP contribution is 2.32. The normalized spacial score (nSPS) is 13.2. The quantitative estimate of drug-likeness (QED) is 0.383. The van der Waals surface area contributed by atoms with Crippen molar-refractivity contribution in [2.24, 2.45) is 0 Å². The lowest BCUT2D eigenvalue weighted by molar-refractivity contribution is 0.101. The van der Waals surface area contributed by atoms with Gasteiger partial charge in [-0.15, -0.1) is 12.4 Å². The lowest BCUT2D eigenvalue weighted by Crippen LogP contribution is -2.27. The van der Waals surface area contributed by atoms with Gasteiger partial charge in [-0.3, -0.25) is 9.59 Å². The number of aromatic hydroxyl groups is 1. The van der Waals surface area contributed by atoms with Gasteiger partial charge in [-0.1, -0.05) is 6.07 Å². The fraction of sp³-hybridized carbons (Fsp3) is 0.231. The first-order valence-electron chi connectivity index (χ1n) is 11.2. The smallest absolute Gasteiger partial charge is 0.255 e. The highest BCUT2D eigenvalue weighted by Gasteiger charge is 2.16. The van der Waals surface area contributed by atoms with Crippen molar-refractivity contribution < 1.29 is 19.4 Å². The number of carbonyl (C=O) groups excluding carboxylic acids is 2. The molecule has 0 aliphatic carbocycles. The van der Waals surface area contributed by atoms with E-state index < -0.39 is 0 Å². The zero-order valence-electron chi connectivity index (χ0n) is 19.4. The molecule has 1 fully saturated rings. The number of phenols is 1. The second kappa shape index (κ2) is 12.1. The number of ether oxygens (including phenoxy) is 1. The monoisotopic (exact) mass is 496 g/mol. The van der Waals surface area contributed by atoms with Gasteiger partial charge in [0.05, 0.1) is 12.8 Å². The molecule has 2 amide bonds. The van der Waals surface area contributed by atoms with Gasteiger partial charge in [0, 0.05) is 36.4 Å². The van der Waals surface area contributed by atoms with Gasteiger partial charge in [0.15, 0.2) is 0 Å². The van der Waals surface area contributed by atoms with Crippen LogP contribution in [-0.2, 0) is 0 Å². The number of rotatable bonds is 6. The largest absolute Gasteiger partial charge is 0.506 e. The maximum atomic E-state index is 12.9. The van der Waals surface area contributed by atoms with Crippen molar-refractivity contribution in [3.05, 3.63) is 77.9 Å². The SMILES string of the molecule is COc1ccc(C(=O)Nc2cccc(O)c2NC(=O)c2ccc(N3CCCNCC3)cc2)cc1.Cl. The molecule has 4 rings (SSSR count).